The summed E-state index contributed by atoms with van der Waals surface area (Å²) < 4.78 is 93.1. The number of rotatable bonds is 5. The Morgan fingerprint density at radius 2 is 1.64 bits per heavy atom. The molecule has 2 aromatic rings. The maximum absolute atomic E-state index is 13.2. The number of benzene rings is 1. The first kappa shape index (κ1) is 21.2. The average Bonchev–Trinajstić information content (AvgIpc) is 3.17. The molecular formula is C16H17F3N2O4S3. The van der Waals surface area contributed by atoms with E-state index >= 15 is 0 Å². The summed E-state index contributed by atoms with van der Waals surface area (Å²) >= 11 is 1.06. The van der Waals surface area contributed by atoms with Crippen LogP contribution in [0, 0.1) is 0 Å². The summed E-state index contributed by atoms with van der Waals surface area (Å²) in [5.41, 5.74) is -1.21. The zero-order chi connectivity index (χ0) is 20.6. The van der Waals surface area contributed by atoms with Crippen LogP contribution in [0.2, 0.25) is 0 Å². The van der Waals surface area contributed by atoms with Crippen LogP contribution >= 0.6 is 11.3 Å². The predicted octanol–water partition coefficient (Wildman–Crippen LogP) is 2.90. The number of sulfonamides is 2. The van der Waals surface area contributed by atoms with Crippen LogP contribution in [-0.4, -0.2) is 40.3 Å². The van der Waals surface area contributed by atoms with Gasteiger partial charge in [-0.15, -0.1) is 11.3 Å². The third-order valence-electron chi connectivity index (χ3n) is 4.35. The van der Waals surface area contributed by atoms with E-state index in [0.29, 0.717) is 0 Å². The quantitative estimate of drug-likeness (QED) is 0.753. The number of alkyl halides is 3. The Bertz CT molecular complexity index is 1030. The molecule has 0 spiro atoms. The lowest BCUT2D eigenvalue weighted by atomic mass is 10.1. The zero-order valence-corrected chi connectivity index (χ0v) is 16.8. The van der Waals surface area contributed by atoms with E-state index in [4.69, 9.17) is 0 Å². The van der Waals surface area contributed by atoms with Gasteiger partial charge < -0.3 is 0 Å². The molecule has 0 atom stereocenters. The molecule has 28 heavy (non-hydrogen) atoms. The number of hydrogen-bond donors (Lipinski definition) is 1. The fourth-order valence-electron chi connectivity index (χ4n) is 2.97. The van der Waals surface area contributed by atoms with Gasteiger partial charge in [0.15, 0.2) is 0 Å². The number of thiophene rings is 1. The smallest absolute Gasteiger partial charge is 0.207 e. The summed E-state index contributed by atoms with van der Waals surface area (Å²) in [7, 11) is -8.04. The van der Waals surface area contributed by atoms with E-state index in [1.165, 1.54) is 12.1 Å². The van der Waals surface area contributed by atoms with Gasteiger partial charge in [-0.2, -0.15) is 17.5 Å². The van der Waals surface area contributed by atoms with Gasteiger partial charge in [0.2, 0.25) is 20.0 Å². The number of nitrogens with one attached hydrogen (secondary N) is 1. The molecule has 12 heteroatoms. The molecule has 0 bridgehead atoms. The summed E-state index contributed by atoms with van der Waals surface area (Å²) in [6.45, 7) is -0.154. The van der Waals surface area contributed by atoms with E-state index in [0.717, 1.165) is 33.8 Å². The van der Waals surface area contributed by atoms with Gasteiger partial charge in [0.05, 0.1) is 10.5 Å². The molecular weight excluding hydrogens is 437 g/mol. The summed E-state index contributed by atoms with van der Waals surface area (Å²) in [6.07, 6.45) is -4.46. The molecule has 0 radical (unpaired) electrons. The van der Waals surface area contributed by atoms with Crippen molar-refractivity contribution in [2.45, 2.75) is 34.2 Å². The molecule has 0 unspecified atom stereocenters. The second-order valence-corrected chi connectivity index (χ2v) is 11.0. The number of halogens is 3. The predicted molar refractivity (Wildman–Crippen MR) is 97.9 cm³/mol. The minimum absolute atomic E-state index is 0.0772. The first-order chi connectivity index (χ1) is 13.0. The van der Waals surface area contributed by atoms with Gasteiger partial charge in [-0.1, -0.05) is 18.2 Å². The second-order valence-electron chi connectivity index (χ2n) is 6.23. The van der Waals surface area contributed by atoms with Crippen molar-refractivity contribution in [2.75, 3.05) is 13.1 Å². The van der Waals surface area contributed by atoms with Crippen LogP contribution in [0.1, 0.15) is 18.4 Å². The lowest BCUT2D eigenvalue weighted by Crippen LogP contribution is -2.46. The van der Waals surface area contributed by atoms with Gasteiger partial charge in [-0.05, 0) is 36.4 Å². The van der Waals surface area contributed by atoms with Crippen molar-refractivity contribution in [2.24, 2.45) is 0 Å². The van der Waals surface area contributed by atoms with E-state index in [1.54, 1.807) is 11.4 Å². The standard InChI is InChI=1S/C16H17F3N2O4S3/c17-16(18,19)13-4-1-2-5-14(13)28(24,25)21-9-7-12(8-10-21)20-27(22,23)15-6-3-11-26-15/h1-6,11-12,20H,7-10H2. The molecule has 3 rings (SSSR count). The van der Waals surface area contributed by atoms with Crippen molar-refractivity contribution >= 4 is 31.4 Å². The van der Waals surface area contributed by atoms with Crippen molar-refractivity contribution < 1.29 is 30.0 Å². The highest BCUT2D eigenvalue weighted by atomic mass is 32.2. The van der Waals surface area contributed by atoms with Gasteiger partial charge in [0, 0.05) is 19.1 Å². The largest absolute Gasteiger partial charge is 0.417 e. The Morgan fingerprint density at radius 3 is 2.21 bits per heavy atom. The van der Waals surface area contributed by atoms with Gasteiger partial charge in [-0.3, -0.25) is 0 Å². The summed E-state index contributed by atoms with van der Waals surface area (Å²) in [5.74, 6) is 0. The molecule has 1 aromatic heterocycles. The normalized spacial score (nSPS) is 17.7. The van der Waals surface area contributed by atoms with Crippen molar-refractivity contribution in [1.29, 1.82) is 0 Å². The molecule has 0 amide bonds. The Labute approximate surface area is 165 Å². The lowest BCUT2D eigenvalue weighted by molar-refractivity contribution is -0.139. The second kappa shape index (κ2) is 7.75. The van der Waals surface area contributed by atoms with Gasteiger partial charge in [-0.25, -0.2) is 21.6 Å². The topological polar surface area (TPSA) is 83.6 Å². The third-order valence-corrected chi connectivity index (χ3v) is 9.22. The minimum atomic E-state index is -4.79. The number of nitrogens with zero attached hydrogens (tertiary/aromatic N) is 1. The van der Waals surface area contributed by atoms with Crippen molar-refractivity contribution in [3.63, 3.8) is 0 Å². The monoisotopic (exact) mass is 454 g/mol. The molecule has 0 saturated carbocycles. The highest BCUT2D eigenvalue weighted by molar-refractivity contribution is 7.91. The van der Waals surface area contributed by atoms with Crippen LogP contribution in [0.3, 0.4) is 0 Å². The number of hydrogen-bond acceptors (Lipinski definition) is 5. The lowest BCUT2D eigenvalue weighted by Gasteiger charge is -2.31. The van der Waals surface area contributed by atoms with Crippen LogP contribution in [0.25, 0.3) is 0 Å². The Balaban J connectivity index is 1.73. The molecule has 1 aliphatic rings. The van der Waals surface area contributed by atoms with E-state index in [2.05, 4.69) is 4.72 Å². The summed E-state index contributed by atoms with van der Waals surface area (Å²) in [4.78, 5) is -0.792. The molecule has 0 aliphatic carbocycles. The van der Waals surface area contributed by atoms with E-state index in [-0.39, 0.29) is 30.1 Å². The number of piperidine rings is 1. The molecule has 1 N–H and O–H groups in total. The highest BCUT2D eigenvalue weighted by Crippen LogP contribution is 2.35. The summed E-state index contributed by atoms with van der Waals surface area (Å²) in [5, 5.41) is 1.63. The summed E-state index contributed by atoms with van der Waals surface area (Å²) in [6, 6.07) is 6.61. The van der Waals surface area contributed by atoms with Gasteiger partial charge in [0.25, 0.3) is 0 Å². The molecule has 1 aliphatic heterocycles. The maximum Gasteiger partial charge on any atom is 0.417 e. The highest BCUT2D eigenvalue weighted by Gasteiger charge is 2.40. The minimum Gasteiger partial charge on any atom is -0.207 e. The van der Waals surface area contributed by atoms with Crippen LogP contribution in [0.5, 0.6) is 0 Å². The Morgan fingerprint density at radius 1 is 1.00 bits per heavy atom. The van der Waals surface area contributed by atoms with Gasteiger partial charge in [0.1, 0.15) is 4.21 Å². The fraction of sp³-hybridized carbons (Fsp3) is 0.375. The van der Waals surface area contributed by atoms with Crippen LogP contribution in [0.15, 0.2) is 50.9 Å². The zero-order valence-electron chi connectivity index (χ0n) is 14.4. The van der Waals surface area contributed by atoms with E-state index in [9.17, 15) is 30.0 Å². The van der Waals surface area contributed by atoms with Gasteiger partial charge >= 0.3 is 6.18 Å². The fourth-order valence-corrected chi connectivity index (χ4v) is 6.97. The first-order valence-corrected chi connectivity index (χ1v) is 12.0. The molecule has 2 heterocycles. The van der Waals surface area contributed by atoms with Crippen LogP contribution in [0.4, 0.5) is 13.2 Å². The first-order valence-electron chi connectivity index (χ1n) is 8.24. The average molecular weight is 455 g/mol. The molecule has 154 valence electrons. The van der Waals surface area contributed by atoms with E-state index < -0.39 is 42.7 Å². The van der Waals surface area contributed by atoms with Crippen LogP contribution in [-0.2, 0) is 26.2 Å². The Hall–Kier alpha value is -1.47. The molecule has 1 saturated heterocycles. The Kier molecular flexibility index (Phi) is 5.88. The third kappa shape index (κ3) is 4.40. The van der Waals surface area contributed by atoms with Crippen molar-refractivity contribution in [3.05, 3.63) is 47.3 Å². The van der Waals surface area contributed by atoms with Crippen molar-refractivity contribution in [3.8, 4) is 0 Å². The van der Waals surface area contributed by atoms with Crippen LogP contribution < -0.4 is 4.72 Å². The van der Waals surface area contributed by atoms with Crippen molar-refractivity contribution in [1.82, 2.24) is 9.03 Å². The molecule has 6 nitrogen and oxygen atoms in total. The molecule has 1 fully saturated rings. The maximum atomic E-state index is 13.2. The SMILES string of the molecule is O=S(=O)(NC1CCN(S(=O)(=O)c2ccccc2C(F)(F)F)CC1)c1cccs1. The molecule has 1 aromatic carbocycles. The van der Waals surface area contributed by atoms with E-state index in [1.807, 2.05) is 0 Å².